The number of esters is 1. The van der Waals surface area contributed by atoms with Crippen LogP contribution in [-0.4, -0.2) is 47.1 Å². The summed E-state index contributed by atoms with van der Waals surface area (Å²) in [4.78, 5) is 11.6. The van der Waals surface area contributed by atoms with Gasteiger partial charge in [-0.1, -0.05) is 0 Å². The summed E-state index contributed by atoms with van der Waals surface area (Å²) in [5, 5.41) is 23.0. The van der Waals surface area contributed by atoms with Crippen LogP contribution in [0.1, 0.15) is 45.4 Å². The summed E-state index contributed by atoms with van der Waals surface area (Å²) in [6.07, 6.45) is 4.55. The van der Waals surface area contributed by atoms with E-state index in [-0.39, 0.29) is 24.0 Å². The highest BCUT2D eigenvalue weighted by Gasteiger charge is 2.44. The van der Waals surface area contributed by atoms with Crippen molar-refractivity contribution < 1.29 is 19.7 Å². The summed E-state index contributed by atoms with van der Waals surface area (Å²) >= 11 is 0. The molecule has 0 saturated heterocycles. The molecule has 0 amide bonds. The summed E-state index contributed by atoms with van der Waals surface area (Å²) in [6, 6.07) is 0. The summed E-state index contributed by atoms with van der Waals surface area (Å²) in [5.74, 6) is -0.195. The van der Waals surface area contributed by atoms with Crippen molar-refractivity contribution in [2.45, 2.75) is 56.6 Å². The molecule has 0 aromatic carbocycles. The van der Waals surface area contributed by atoms with Crippen LogP contribution in [0.15, 0.2) is 0 Å². The van der Waals surface area contributed by atoms with E-state index in [4.69, 9.17) is 4.74 Å². The first-order valence-corrected chi connectivity index (χ1v) is 7.27. The summed E-state index contributed by atoms with van der Waals surface area (Å²) < 4.78 is 5.02. The SMILES string of the molecule is CCOC(=O)C1CCC(O)(CNC2(CO)CC2)CC1. The van der Waals surface area contributed by atoms with Gasteiger partial charge >= 0.3 is 5.97 Å². The average molecular weight is 271 g/mol. The van der Waals surface area contributed by atoms with E-state index in [2.05, 4.69) is 5.32 Å². The fourth-order valence-corrected chi connectivity index (χ4v) is 2.72. The van der Waals surface area contributed by atoms with E-state index in [1.165, 1.54) is 0 Å². The maximum Gasteiger partial charge on any atom is 0.308 e. The van der Waals surface area contributed by atoms with Crippen molar-refractivity contribution in [1.82, 2.24) is 5.32 Å². The fraction of sp³-hybridized carbons (Fsp3) is 0.929. The van der Waals surface area contributed by atoms with Gasteiger partial charge in [-0.2, -0.15) is 0 Å². The number of hydrogen-bond donors (Lipinski definition) is 3. The van der Waals surface area contributed by atoms with Gasteiger partial charge in [0.15, 0.2) is 0 Å². The Kier molecular flexibility index (Phi) is 4.48. The highest BCUT2D eigenvalue weighted by molar-refractivity contribution is 5.72. The van der Waals surface area contributed by atoms with Crippen LogP contribution in [0, 0.1) is 5.92 Å². The molecular formula is C14H25NO4. The minimum absolute atomic E-state index is 0.0621. The lowest BCUT2D eigenvalue weighted by Gasteiger charge is -2.36. The van der Waals surface area contributed by atoms with Gasteiger partial charge in [-0.15, -0.1) is 0 Å². The molecular weight excluding hydrogens is 246 g/mol. The molecule has 0 bridgehead atoms. The molecule has 0 radical (unpaired) electrons. The molecule has 0 unspecified atom stereocenters. The van der Waals surface area contributed by atoms with E-state index < -0.39 is 5.60 Å². The minimum Gasteiger partial charge on any atom is -0.466 e. The Balaban J connectivity index is 1.76. The Hall–Kier alpha value is -0.650. The molecule has 5 heteroatoms. The first kappa shape index (κ1) is 14.8. The Morgan fingerprint density at radius 3 is 2.42 bits per heavy atom. The number of carbonyl (C=O) groups is 1. The lowest BCUT2D eigenvalue weighted by Crippen LogP contribution is -2.49. The zero-order valence-electron chi connectivity index (χ0n) is 11.7. The molecule has 19 heavy (non-hydrogen) atoms. The van der Waals surface area contributed by atoms with E-state index in [9.17, 15) is 15.0 Å². The second-order valence-electron chi connectivity index (χ2n) is 6.04. The van der Waals surface area contributed by atoms with Crippen molar-refractivity contribution in [2.75, 3.05) is 19.8 Å². The number of ether oxygens (including phenoxy) is 1. The van der Waals surface area contributed by atoms with Gasteiger partial charge in [0.05, 0.1) is 24.7 Å². The van der Waals surface area contributed by atoms with Crippen molar-refractivity contribution >= 4 is 5.97 Å². The predicted octanol–water partition coefficient (Wildman–Crippen LogP) is 0.585. The van der Waals surface area contributed by atoms with Gasteiger partial charge in [0.25, 0.3) is 0 Å². The topological polar surface area (TPSA) is 78.8 Å². The zero-order valence-corrected chi connectivity index (χ0v) is 11.7. The number of nitrogens with one attached hydrogen (secondary N) is 1. The van der Waals surface area contributed by atoms with Crippen LogP contribution in [-0.2, 0) is 9.53 Å². The van der Waals surface area contributed by atoms with Crippen LogP contribution in [0.3, 0.4) is 0 Å². The quantitative estimate of drug-likeness (QED) is 0.616. The molecule has 5 nitrogen and oxygen atoms in total. The van der Waals surface area contributed by atoms with Crippen LogP contribution in [0.5, 0.6) is 0 Å². The maximum atomic E-state index is 11.6. The molecule has 0 spiro atoms. The molecule has 2 saturated carbocycles. The third-order valence-electron chi connectivity index (χ3n) is 4.48. The van der Waals surface area contributed by atoms with Gasteiger partial charge in [-0.3, -0.25) is 4.79 Å². The molecule has 110 valence electrons. The third kappa shape index (κ3) is 3.68. The molecule has 2 fully saturated rings. The monoisotopic (exact) mass is 271 g/mol. The molecule has 3 N–H and O–H groups in total. The number of rotatable bonds is 6. The van der Waals surface area contributed by atoms with Crippen molar-refractivity contribution in [3.8, 4) is 0 Å². The van der Waals surface area contributed by atoms with Crippen molar-refractivity contribution in [3.05, 3.63) is 0 Å². The molecule has 0 heterocycles. The van der Waals surface area contributed by atoms with Crippen molar-refractivity contribution in [1.29, 1.82) is 0 Å². The molecule has 0 aliphatic heterocycles. The highest BCUT2D eigenvalue weighted by atomic mass is 16.5. The van der Waals surface area contributed by atoms with Crippen LogP contribution in [0.25, 0.3) is 0 Å². The van der Waals surface area contributed by atoms with Crippen molar-refractivity contribution in [3.63, 3.8) is 0 Å². The Morgan fingerprint density at radius 2 is 1.95 bits per heavy atom. The van der Waals surface area contributed by atoms with Crippen molar-refractivity contribution in [2.24, 2.45) is 5.92 Å². The van der Waals surface area contributed by atoms with Crippen LogP contribution in [0.4, 0.5) is 0 Å². The van der Waals surface area contributed by atoms with Crippen LogP contribution >= 0.6 is 0 Å². The largest absolute Gasteiger partial charge is 0.466 e. The summed E-state index contributed by atoms with van der Waals surface area (Å²) in [7, 11) is 0. The zero-order chi connectivity index (χ0) is 13.9. The van der Waals surface area contributed by atoms with E-state index in [0.29, 0.717) is 38.8 Å². The van der Waals surface area contributed by atoms with Gasteiger partial charge in [-0.25, -0.2) is 0 Å². The standard InChI is InChI=1S/C14H25NO4/c1-2-19-12(17)11-3-5-14(18,6-4-11)9-15-13(10-16)7-8-13/h11,15-16,18H,2-10H2,1H3. The second kappa shape index (κ2) is 5.77. The molecule has 2 rings (SSSR count). The molecule has 0 atom stereocenters. The summed E-state index contributed by atoms with van der Waals surface area (Å²) in [6.45, 7) is 2.86. The van der Waals surface area contributed by atoms with Gasteiger partial charge in [0.1, 0.15) is 0 Å². The van der Waals surface area contributed by atoms with E-state index >= 15 is 0 Å². The Bertz CT molecular complexity index is 319. The smallest absolute Gasteiger partial charge is 0.308 e. The molecule has 2 aliphatic rings. The first-order valence-electron chi connectivity index (χ1n) is 7.27. The van der Waals surface area contributed by atoms with E-state index in [1.807, 2.05) is 6.92 Å². The number of aliphatic hydroxyl groups is 2. The Morgan fingerprint density at radius 1 is 1.32 bits per heavy atom. The number of β-amino-alcohol motifs (C(OH)–C–C–N with tert-alkyl or cyclic N) is 1. The minimum atomic E-state index is -0.742. The average Bonchev–Trinajstić information content (AvgIpc) is 3.18. The van der Waals surface area contributed by atoms with Gasteiger partial charge in [0, 0.05) is 12.1 Å². The number of aliphatic hydroxyl groups excluding tert-OH is 1. The van der Waals surface area contributed by atoms with Gasteiger partial charge in [0.2, 0.25) is 0 Å². The van der Waals surface area contributed by atoms with Gasteiger partial charge in [-0.05, 0) is 45.4 Å². The molecule has 0 aromatic heterocycles. The summed E-state index contributed by atoms with van der Waals surface area (Å²) in [5.41, 5.74) is -0.887. The fourth-order valence-electron chi connectivity index (χ4n) is 2.72. The lowest BCUT2D eigenvalue weighted by atomic mass is 9.78. The Labute approximate surface area is 114 Å². The molecule has 0 aromatic rings. The van der Waals surface area contributed by atoms with Crippen LogP contribution in [0.2, 0.25) is 0 Å². The van der Waals surface area contributed by atoms with E-state index in [1.54, 1.807) is 0 Å². The first-order chi connectivity index (χ1) is 9.02. The van der Waals surface area contributed by atoms with Gasteiger partial charge < -0.3 is 20.3 Å². The highest BCUT2D eigenvalue weighted by Crippen LogP contribution is 2.37. The normalized spacial score (nSPS) is 32.9. The predicted molar refractivity (Wildman–Crippen MR) is 70.6 cm³/mol. The number of hydrogen-bond acceptors (Lipinski definition) is 5. The van der Waals surface area contributed by atoms with Crippen LogP contribution < -0.4 is 5.32 Å². The molecule has 2 aliphatic carbocycles. The number of carbonyl (C=O) groups excluding carboxylic acids is 1. The van der Waals surface area contributed by atoms with E-state index in [0.717, 1.165) is 12.8 Å². The maximum absolute atomic E-state index is 11.6. The lowest BCUT2D eigenvalue weighted by molar-refractivity contribution is -0.151. The third-order valence-corrected chi connectivity index (χ3v) is 4.48. The second-order valence-corrected chi connectivity index (χ2v) is 6.04.